The lowest BCUT2D eigenvalue weighted by Gasteiger charge is -2.27. The van der Waals surface area contributed by atoms with Gasteiger partial charge in [0.15, 0.2) is 0 Å². The molecule has 0 radical (unpaired) electrons. The third-order valence-corrected chi connectivity index (χ3v) is 3.33. The van der Waals surface area contributed by atoms with Crippen LogP contribution in [0.3, 0.4) is 0 Å². The zero-order valence-electron chi connectivity index (χ0n) is 9.14. The number of anilines is 1. The van der Waals surface area contributed by atoms with Gasteiger partial charge in [-0.05, 0) is 30.5 Å². The zero-order chi connectivity index (χ0) is 10.9. The van der Waals surface area contributed by atoms with Gasteiger partial charge in [0.2, 0.25) is 0 Å². The van der Waals surface area contributed by atoms with Gasteiger partial charge in [0.25, 0.3) is 0 Å². The maximum Gasteiger partial charge on any atom is 0.0695 e. The summed E-state index contributed by atoms with van der Waals surface area (Å²) in [6.07, 6.45) is 2.07. The largest absolute Gasteiger partial charge is 0.382 e. The van der Waals surface area contributed by atoms with Crippen LogP contribution in [0.2, 0.25) is 5.02 Å². The number of methoxy groups -OCH3 is 1. The molecule has 15 heavy (non-hydrogen) atoms. The highest BCUT2D eigenvalue weighted by atomic mass is 35.5. The molecule has 0 saturated carbocycles. The first kappa shape index (κ1) is 10.8. The second kappa shape index (κ2) is 4.03. The van der Waals surface area contributed by atoms with E-state index in [4.69, 9.17) is 16.3 Å². The smallest absolute Gasteiger partial charge is 0.0695 e. The molecule has 1 aliphatic heterocycles. The van der Waals surface area contributed by atoms with Gasteiger partial charge in [-0.25, -0.2) is 0 Å². The highest BCUT2D eigenvalue weighted by molar-refractivity contribution is 6.30. The molecular weight excluding hydrogens is 210 g/mol. The van der Waals surface area contributed by atoms with E-state index >= 15 is 0 Å². The first-order chi connectivity index (χ1) is 7.19. The molecule has 0 saturated heterocycles. The predicted molar refractivity (Wildman–Crippen MR) is 63.7 cm³/mol. The summed E-state index contributed by atoms with van der Waals surface area (Å²) < 4.78 is 5.29. The molecule has 0 amide bonds. The van der Waals surface area contributed by atoms with Gasteiger partial charge < -0.3 is 10.1 Å². The van der Waals surface area contributed by atoms with E-state index in [1.54, 1.807) is 7.11 Å². The molecule has 0 aliphatic carbocycles. The molecule has 1 atom stereocenters. The number of nitrogens with one attached hydrogen (secondary N) is 1. The van der Waals surface area contributed by atoms with E-state index in [2.05, 4.69) is 18.3 Å². The van der Waals surface area contributed by atoms with Gasteiger partial charge in [0.05, 0.1) is 12.1 Å². The Bertz CT molecular complexity index is 367. The Kier molecular flexibility index (Phi) is 2.89. The van der Waals surface area contributed by atoms with E-state index in [1.165, 1.54) is 5.56 Å². The minimum atomic E-state index is 0.0573. The Morgan fingerprint density at radius 1 is 1.53 bits per heavy atom. The van der Waals surface area contributed by atoms with Crippen LogP contribution in [0.1, 0.15) is 18.9 Å². The van der Waals surface area contributed by atoms with E-state index in [0.29, 0.717) is 0 Å². The van der Waals surface area contributed by atoms with Crippen molar-refractivity contribution in [1.82, 2.24) is 0 Å². The summed E-state index contributed by atoms with van der Waals surface area (Å²) >= 11 is 5.97. The molecular formula is C12H16ClNO. The van der Waals surface area contributed by atoms with E-state index in [0.717, 1.165) is 30.2 Å². The van der Waals surface area contributed by atoms with Crippen LogP contribution in [-0.2, 0) is 11.2 Å². The number of halogens is 1. The lowest BCUT2D eigenvalue weighted by Crippen LogP contribution is -2.40. The monoisotopic (exact) mass is 225 g/mol. The molecule has 1 N–H and O–H groups in total. The molecule has 1 heterocycles. The van der Waals surface area contributed by atoms with Gasteiger partial charge in [-0.3, -0.25) is 0 Å². The first-order valence-corrected chi connectivity index (χ1v) is 5.62. The molecule has 1 unspecified atom stereocenters. The highest BCUT2D eigenvalue weighted by Gasteiger charge is 2.35. The molecule has 2 rings (SSSR count). The Labute approximate surface area is 95.6 Å². The van der Waals surface area contributed by atoms with Crippen molar-refractivity contribution in [2.45, 2.75) is 25.3 Å². The maximum absolute atomic E-state index is 5.97. The molecule has 0 fully saturated rings. The first-order valence-electron chi connectivity index (χ1n) is 5.25. The van der Waals surface area contributed by atoms with Crippen molar-refractivity contribution >= 4 is 17.3 Å². The summed E-state index contributed by atoms with van der Waals surface area (Å²) in [5.41, 5.74) is 2.54. The molecule has 3 heteroatoms. The van der Waals surface area contributed by atoms with Crippen molar-refractivity contribution in [1.29, 1.82) is 0 Å². The number of hydrogen-bond donors (Lipinski definition) is 1. The summed E-state index contributed by atoms with van der Waals surface area (Å²) in [6, 6.07) is 6.03. The Hall–Kier alpha value is -0.730. The normalized spacial score (nSPS) is 23.7. The summed E-state index contributed by atoms with van der Waals surface area (Å²) in [5, 5.41) is 4.31. The number of hydrogen-bond acceptors (Lipinski definition) is 2. The zero-order valence-corrected chi connectivity index (χ0v) is 9.90. The molecule has 1 aromatic rings. The van der Waals surface area contributed by atoms with Crippen LogP contribution in [0.4, 0.5) is 5.69 Å². The second-order valence-corrected chi connectivity index (χ2v) is 4.61. The number of ether oxygens (including phenoxy) is 1. The topological polar surface area (TPSA) is 21.3 Å². The Morgan fingerprint density at radius 2 is 2.33 bits per heavy atom. The third-order valence-electron chi connectivity index (χ3n) is 3.10. The van der Waals surface area contributed by atoms with Gasteiger partial charge in [-0.2, -0.15) is 0 Å². The SMILES string of the molecule is CCC1(COC)Cc2ccc(Cl)cc2N1. The van der Waals surface area contributed by atoms with E-state index in [9.17, 15) is 0 Å². The summed E-state index contributed by atoms with van der Waals surface area (Å²) in [7, 11) is 1.75. The van der Waals surface area contributed by atoms with Crippen molar-refractivity contribution in [3.63, 3.8) is 0 Å². The number of benzene rings is 1. The summed E-state index contributed by atoms with van der Waals surface area (Å²) in [4.78, 5) is 0. The molecule has 2 nitrogen and oxygen atoms in total. The minimum Gasteiger partial charge on any atom is -0.382 e. The van der Waals surface area contributed by atoms with Crippen LogP contribution in [0.15, 0.2) is 18.2 Å². The fraction of sp³-hybridized carbons (Fsp3) is 0.500. The average Bonchev–Trinajstić information content (AvgIpc) is 2.56. The van der Waals surface area contributed by atoms with Crippen LogP contribution in [0.5, 0.6) is 0 Å². The predicted octanol–water partition coefficient (Wildman–Crippen LogP) is 3.10. The maximum atomic E-state index is 5.97. The fourth-order valence-corrected chi connectivity index (χ4v) is 2.36. The lowest BCUT2D eigenvalue weighted by molar-refractivity contribution is 0.143. The van der Waals surface area contributed by atoms with E-state index < -0.39 is 0 Å². The average molecular weight is 226 g/mol. The van der Waals surface area contributed by atoms with Gasteiger partial charge in [-0.15, -0.1) is 0 Å². The Balaban J connectivity index is 2.26. The number of rotatable bonds is 3. The van der Waals surface area contributed by atoms with Crippen LogP contribution < -0.4 is 5.32 Å². The van der Waals surface area contributed by atoms with Crippen LogP contribution in [0.25, 0.3) is 0 Å². The fourth-order valence-electron chi connectivity index (χ4n) is 2.19. The molecule has 0 aromatic heterocycles. The van der Waals surface area contributed by atoms with Crippen LogP contribution >= 0.6 is 11.6 Å². The molecule has 1 aromatic carbocycles. The van der Waals surface area contributed by atoms with Gasteiger partial charge in [-0.1, -0.05) is 24.6 Å². The highest BCUT2D eigenvalue weighted by Crippen LogP contribution is 2.36. The Morgan fingerprint density at radius 3 is 3.00 bits per heavy atom. The third kappa shape index (κ3) is 1.97. The van der Waals surface area contributed by atoms with Crippen molar-refractivity contribution in [2.75, 3.05) is 19.0 Å². The van der Waals surface area contributed by atoms with Gasteiger partial charge in [0, 0.05) is 17.8 Å². The minimum absolute atomic E-state index is 0.0573. The standard InChI is InChI=1S/C12H16ClNO/c1-3-12(8-15-2)7-9-4-5-10(13)6-11(9)14-12/h4-6,14H,3,7-8H2,1-2H3. The molecule has 0 spiro atoms. The van der Waals surface area contributed by atoms with Gasteiger partial charge >= 0.3 is 0 Å². The van der Waals surface area contributed by atoms with Crippen LogP contribution in [-0.4, -0.2) is 19.3 Å². The molecule has 82 valence electrons. The summed E-state index contributed by atoms with van der Waals surface area (Å²) in [6.45, 7) is 2.91. The van der Waals surface area contributed by atoms with E-state index in [-0.39, 0.29) is 5.54 Å². The quantitative estimate of drug-likeness (QED) is 0.854. The van der Waals surface area contributed by atoms with Crippen LogP contribution in [0, 0.1) is 0 Å². The molecule has 1 aliphatic rings. The summed E-state index contributed by atoms with van der Waals surface area (Å²) in [5.74, 6) is 0. The van der Waals surface area contributed by atoms with Crippen molar-refractivity contribution in [3.8, 4) is 0 Å². The van der Waals surface area contributed by atoms with E-state index in [1.807, 2.05) is 12.1 Å². The van der Waals surface area contributed by atoms with Crippen molar-refractivity contribution in [3.05, 3.63) is 28.8 Å². The number of fused-ring (bicyclic) bond motifs is 1. The lowest BCUT2D eigenvalue weighted by atomic mass is 9.93. The second-order valence-electron chi connectivity index (χ2n) is 4.17. The molecule has 0 bridgehead atoms. The van der Waals surface area contributed by atoms with Gasteiger partial charge in [0.1, 0.15) is 0 Å². The van der Waals surface area contributed by atoms with Crippen molar-refractivity contribution in [2.24, 2.45) is 0 Å². The van der Waals surface area contributed by atoms with Crippen molar-refractivity contribution < 1.29 is 4.74 Å².